The van der Waals surface area contributed by atoms with Crippen molar-refractivity contribution in [2.75, 3.05) is 5.32 Å². The minimum atomic E-state index is -0.441. The Labute approximate surface area is 130 Å². The summed E-state index contributed by atoms with van der Waals surface area (Å²) in [6.07, 6.45) is 0. The molecule has 0 aliphatic carbocycles. The first-order valence-electron chi connectivity index (χ1n) is 5.13. The number of anilines is 2. The normalized spacial score (nSPS) is 10.3. The van der Waals surface area contributed by atoms with Crippen molar-refractivity contribution in [2.45, 2.75) is 0 Å². The van der Waals surface area contributed by atoms with Crippen LogP contribution in [0.25, 0.3) is 0 Å². The van der Waals surface area contributed by atoms with Crippen molar-refractivity contribution in [3.63, 3.8) is 0 Å². The van der Waals surface area contributed by atoms with Gasteiger partial charge < -0.3 is 5.32 Å². The lowest BCUT2D eigenvalue weighted by Gasteiger charge is -2.09. The molecule has 0 atom stereocenters. The van der Waals surface area contributed by atoms with E-state index < -0.39 is 4.92 Å². The van der Waals surface area contributed by atoms with E-state index in [0.717, 1.165) is 0 Å². The molecule has 98 valence electrons. The Morgan fingerprint density at radius 3 is 2.63 bits per heavy atom. The molecular formula is C12H7BrFIN2O2. The molecule has 0 fully saturated rings. The smallest absolute Gasteiger partial charge is 0.282 e. The summed E-state index contributed by atoms with van der Waals surface area (Å²) in [6.45, 7) is 0. The summed E-state index contributed by atoms with van der Waals surface area (Å²) in [6, 6.07) is 8.91. The number of nitrogens with zero attached hydrogens (tertiary/aromatic N) is 1. The lowest BCUT2D eigenvalue weighted by atomic mass is 10.2. The van der Waals surface area contributed by atoms with Gasteiger partial charge in [-0.15, -0.1) is 0 Å². The number of benzene rings is 2. The van der Waals surface area contributed by atoms with Crippen molar-refractivity contribution in [2.24, 2.45) is 0 Å². The monoisotopic (exact) mass is 436 g/mol. The topological polar surface area (TPSA) is 55.2 Å². The molecule has 0 amide bonds. The van der Waals surface area contributed by atoms with Crippen molar-refractivity contribution in [1.29, 1.82) is 0 Å². The second-order valence-corrected chi connectivity index (χ2v) is 5.69. The highest BCUT2D eigenvalue weighted by Crippen LogP contribution is 2.29. The summed E-state index contributed by atoms with van der Waals surface area (Å²) in [7, 11) is 0. The average molecular weight is 437 g/mol. The van der Waals surface area contributed by atoms with Crippen LogP contribution in [0, 0.1) is 19.5 Å². The zero-order valence-corrected chi connectivity index (χ0v) is 13.1. The number of nitrogens with one attached hydrogen (secondary N) is 1. The largest absolute Gasteiger partial charge is 0.354 e. The van der Waals surface area contributed by atoms with Crippen LogP contribution in [0.5, 0.6) is 0 Å². The van der Waals surface area contributed by atoms with Gasteiger partial charge in [0.05, 0.1) is 14.2 Å². The van der Waals surface area contributed by atoms with Crippen molar-refractivity contribution < 1.29 is 9.31 Å². The molecule has 0 unspecified atom stereocenters. The van der Waals surface area contributed by atoms with Crippen molar-refractivity contribution in [3.8, 4) is 0 Å². The number of hydrogen-bond acceptors (Lipinski definition) is 3. The highest BCUT2D eigenvalue weighted by molar-refractivity contribution is 14.1. The molecule has 0 aromatic heterocycles. The zero-order chi connectivity index (χ0) is 14.0. The molecule has 4 nitrogen and oxygen atoms in total. The predicted octanol–water partition coefficient (Wildman–Crippen LogP) is 4.84. The fourth-order valence-electron chi connectivity index (χ4n) is 1.48. The minimum Gasteiger partial charge on any atom is -0.354 e. The SMILES string of the molecule is O=[N+]([O-])c1ccc(Nc2cc(F)ccc2Br)cc1I. The fraction of sp³-hybridized carbons (Fsp3) is 0. The first-order chi connectivity index (χ1) is 8.97. The van der Waals surface area contributed by atoms with Crippen LogP contribution in [0.2, 0.25) is 0 Å². The molecule has 0 saturated carbocycles. The highest BCUT2D eigenvalue weighted by Gasteiger charge is 2.12. The third-order valence-corrected chi connectivity index (χ3v) is 3.91. The molecule has 0 spiro atoms. The maximum absolute atomic E-state index is 13.1. The van der Waals surface area contributed by atoms with Crippen LogP contribution in [0.4, 0.5) is 21.5 Å². The maximum Gasteiger partial charge on any atom is 0.282 e. The standard InChI is InChI=1S/C12H7BrFIN2O2/c13-9-3-1-7(14)5-11(9)16-8-2-4-12(17(18)19)10(15)6-8/h1-6,16H. The van der Waals surface area contributed by atoms with Crippen LogP contribution in [0.3, 0.4) is 0 Å². The Morgan fingerprint density at radius 1 is 1.26 bits per heavy atom. The van der Waals surface area contributed by atoms with Gasteiger partial charge in [-0.2, -0.15) is 0 Å². The Hall–Kier alpha value is -1.22. The predicted molar refractivity (Wildman–Crippen MR) is 83.2 cm³/mol. The van der Waals surface area contributed by atoms with Crippen molar-refractivity contribution in [3.05, 3.63) is 60.4 Å². The van der Waals surface area contributed by atoms with E-state index in [2.05, 4.69) is 21.2 Å². The summed E-state index contributed by atoms with van der Waals surface area (Å²) >= 11 is 5.20. The lowest BCUT2D eigenvalue weighted by Crippen LogP contribution is -1.96. The molecule has 2 aromatic rings. The van der Waals surface area contributed by atoms with Crippen molar-refractivity contribution in [1.82, 2.24) is 0 Å². The Kier molecular flexibility index (Phi) is 4.35. The van der Waals surface area contributed by atoms with Gasteiger partial charge in [-0.05, 0) is 68.9 Å². The van der Waals surface area contributed by atoms with Crippen LogP contribution in [-0.4, -0.2) is 4.92 Å². The van der Waals surface area contributed by atoms with Gasteiger partial charge in [-0.1, -0.05) is 0 Å². The van der Waals surface area contributed by atoms with Gasteiger partial charge in [0.15, 0.2) is 0 Å². The van der Waals surface area contributed by atoms with Gasteiger partial charge in [0.25, 0.3) is 5.69 Å². The molecule has 0 radical (unpaired) electrons. The Morgan fingerprint density at radius 2 is 2.00 bits per heavy atom. The molecule has 0 aliphatic heterocycles. The van der Waals surface area contributed by atoms with E-state index in [1.165, 1.54) is 18.2 Å². The van der Waals surface area contributed by atoms with E-state index >= 15 is 0 Å². The van der Waals surface area contributed by atoms with Gasteiger partial charge in [0, 0.05) is 16.2 Å². The molecule has 0 bridgehead atoms. The number of nitro groups is 1. The zero-order valence-electron chi connectivity index (χ0n) is 9.36. The number of hydrogen-bond donors (Lipinski definition) is 1. The lowest BCUT2D eigenvalue weighted by molar-refractivity contribution is -0.385. The second kappa shape index (κ2) is 5.83. The summed E-state index contributed by atoms with van der Waals surface area (Å²) < 4.78 is 14.4. The number of halogens is 3. The van der Waals surface area contributed by atoms with E-state index in [1.807, 2.05) is 22.6 Å². The summed E-state index contributed by atoms with van der Waals surface area (Å²) in [5, 5.41) is 13.7. The molecule has 0 aliphatic rings. The third kappa shape index (κ3) is 3.41. The first kappa shape index (κ1) is 14.2. The molecule has 1 N–H and O–H groups in total. The molecule has 2 rings (SSSR count). The van der Waals surface area contributed by atoms with Crippen LogP contribution in [0.1, 0.15) is 0 Å². The van der Waals surface area contributed by atoms with E-state index in [4.69, 9.17) is 0 Å². The first-order valence-corrected chi connectivity index (χ1v) is 7.00. The van der Waals surface area contributed by atoms with Gasteiger partial charge in [-0.3, -0.25) is 10.1 Å². The van der Waals surface area contributed by atoms with Gasteiger partial charge in [0.2, 0.25) is 0 Å². The van der Waals surface area contributed by atoms with Crippen LogP contribution in [0.15, 0.2) is 40.9 Å². The molecule has 0 saturated heterocycles. The summed E-state index contributed by atoms with van der Waals surface area (Å²) in [4.78, 5) is 10.3. The van der Waals surface area contributed by atoms with Crippen molar-refractivity contribution >= 4 is 55.6 Å². The van der Waals surface area contributed by atoms with Crippen LogP contribution >= 0.6 is 38.5 Å². The van der Waals surface area contributed by atoms with E-state index in [0.29, 0.717) is 19.4 Å². The molecule has 19 heavy (non-hydrogen) atoms. The quantitative estimate of drug-likeness (QED) is 0.425. The molecule has 0 heterocycles. The van der Waals surface area contributed by atoms with E-state index in [9.17, 15) is 14.5 Å². The summed E-state index contributed by atoms with van der Waals surface area (Å²) in [5.41, 5.74) is 1.26. The van der Waals surface area contributed by atoms with Gasteiger partial charge in [0.1, 0.15) is 5.82 Å². The molecular weight excluding hydrogens is 430 g/mol. The van der Waals surface area contributed by atoms with Crippen LogP contribution < -0.4 is 5.32 Å². The molecule has 2 aromatic carbocycles. The van der Waals surface area contributed by atoms with E-state index in [1.54, 1.807) is 18.2 Å². The van der Waals surface area contributed by atoms with Crippen LogP contribution in [-0.2, 0) is 0 Å². The Bertz CT molecular complexity index is 652. The second-order valence-electron chi connectivity index (χ2n) is 3.67. The average Bonchev–Trinajstić information content (AvgIpc) is 2.33. The fourth-order valence-corrected chi connectivity index (χ4v) is 2.54. The summed E-state index contributed by atoms with van der Waals surface area (Å²) in [5.74, 6) is -0.359. The van der Waals surface area contributed by atoms with E-state index in [-0.39, 0.29) is 11.5 Å². The Balaban J connectivity index is 2.31. The third-order valence-electron chi connectivity index (χ3n) is 2.35. The highest BCUT2D eigenvalue weighted by atomic mass is 127. The maximum atomic E-state index is 13.1. The molecule has 7 heteroatoms. The van der Waals surface area contributed by atoms with Gasteiger partial charge in [-0.25, -0.2) is 4.39 Å². The number of nitro benzene ring substituents is 1. The minimum absolute atomic E-state index is 0.0458. The number of rotatable bonds is 3. The van der Waals surface area contributed by atoms with Gasteiger partial charge >= 0.3 is 0 Å².